The van der Waals surface area contributed by atoms with Gasteiger partial charge in [0.05, 0.1) is 17.1 Å². The zero-order chi connectivity index (χ0) is 13.7. The van der Waals surface area contributed by atoms with E-state index in [2.05, 4.69) is 36.2 Å². The molecule has 0 bridgehead atoms. The third kappa shape index (κ3) is 3.99. The van der Waals surface area contributed by atoms with Gasteiger partial charge in [-0.1, -0.05) is 25.5 Å². The van der Waals surface area contributed by atoms with Crippen LogP contribution in [0.1, 0.15) is 25.3 Å². The molecule has 0 saturated carbocycles. The van der Waals surface area contributed by atoms with Crippen LogP contribution in [0.25, 0.3) is 5.69 Å². The number of aromatic nitrogens is 2. The summed E-state index contributed by atoms with van der Waals surface area (Å²) in [5.74, 6) is 0. The predicted octanol–water partition coefficient (Wildman–Crippen LogP) is 4.43. The highest BCUT2D eigenvalue weighted by Crippen LogP contribution is 2.20. The molecule has 2 nitrogen and oxygen atoms in total. The molecule has 4 heteroatoms. The Bertz CT molecular complexity index is 479. The summed E-state index contributed by atoms with van der Waals surface area (Å²) in [5, 5.41) is 0.0284. The molecule has 0 aliphatic heterocycles. The summed E-state index contributed by atoms with van der Waals surface area (Å²) in [6, 6.07) is 8.34. The summed E-state index contributed by atoms with van der Waals surface area (Å²) in [6.07, 6.45) is 8.32. The first-order valence-corrected chi connectivity index (χ1v) is 7.43. The minimum Gasteiger partial charge on any atom is -0.306 e. The van der Waals surface area contributed by atoms with Crippen LogP contribution in [0.15, 0.2) is 43.0 Å². The standard InChI is InChI=1S/C15H18Cl2N2/c1-2-3-14(16)15(17)10-12-4-6-13(7-5-12)19-9-8-18-11-19/h4-9,11,14-15H,2-3,10H2,1H3. The topological polar surface area (TPSA) is 17.8 Å². The lowest BCUT2D eigenvalue weighted by Crippen LogP contribution is -2.17. The minimum absolute atomic E-state index is 0.0132. The highest BCUT2D eigenvalue weighted by atomic mass is 35.5. The number of hydrogen-bond donors (Lipinski definition) is 0. The zero-order valence-electron chi connectivity index (χ0n) is 11.0. The third-order valence-corrected chi connectivity index (χ3v) is 4.24. The lowest BCUT2D eigenvalue weighted by atomic mass is 10.1. The Labute approximate surface area is 124 Å². The van der Waals surface area contributed by atoms with Crippen LogP contribution in [0, 0.1) is 0 Å². The summed E-state index contributed by atoms with van der Waals surface area (Å²) >= 11 is 12.6. The van der Waals surface area contributed by atoms with E-state index >= 15 is 0 Å². The van der Waals surface area contributed by atoms with Gasteiger partial charge in [-0.15, -0.1) is 23.2 Å². The number of benzene rings is 1. The van der Waals surface area contributed by atoms with E-state index < -0.39 is 0 Å². The van der Waals surface area contributed by atoms with Gasteiger partial charge in [0.2, 0.25) is 0 Å². The largest absolute Gasteiger partial charge is 0.306 e. The molecule has 2 unspecified atom stereocenters. The molecule has 2 rings (SSSR count). The van der Waals surface area contributed by atoms with Gasteiger partial charge in [0.25, 0.3) is 0 Å². The molecular weight excluding hydrogens is 279 g/mol. The fourth-order valence-electron chi connectivity index (χ4n) is 2.03. The number of rotatable bonds is 6. The van der Waals surface area contributed by atoms with Crippen molar-refractivity contribution in [2.24, 2.45) is 0 Å². The summed E-state index contributed by atoms with van der Waals surface area (Å²) in [5.41, 5.74) is 2.31. The molecule has 1 aromatic heterocycles. The maximum absolute atomic E-state index is 6.34. The van der Waals surface area contributed by atoms with Crippen LogP contribution < -0.4 is 0 Å². The fourth-order valence-corrected chi connectivity index (χ4v) is 2.64. The van der Waals surface area contributed by atoms with Crippen molar-refractivity contribution in [1.29, 1.82) is 0 Å². The lowest BCUT2D eigenvalue weighted by Gasteiger charge is -2.15. The van der Waals surface area contributed by atoms with E-state index in [-0.39, 0.29) is 10.8 Å². The molecule has 2 aromatic rings. The van der Waals surface area contributed by atoms with Crippen LogP contribution in [-0.4, -0.2) is 20.3 Å². The number of halogens is 2. The summed E-state index contributed by atoms with van der Waals surface area (Å²) < 4.78 is 1.98. The Morgan fingerprint density at radius 2 is 1.89 bits per heavy atom. The molecule has 0 spiro atoms. The minimum atomic E-state index is -0.0132. The van der Waals surface area contributed by atoms with E-state index in [1.807, 2.05) is 10.8 Å². The Balaban J connectivity index is 1.99. The van der Waals surface area contributed by atoms with Crippen molar-refractivity contribution in [3.8, 4) is 5.69 Å². The SMILES string of the molecule is CCCC(Cl)C(Cl)Cc1ccc(-n2ccnc2)cc1. The average molecular weight is 297 g/mol. The molecule has 0 N–H and O–H groups in total. The Hall–Kier alpha value is -0.990. The van der Waals surface area contributed by atoms with Crippen LogP contribution in [-0.2, 0) is 6.42 Å². The van der Waals surface area contributed by atoms with Crippen molar-refractivity contribution >= 4 is 23.2 Å². The maximum atomic E-state index is 6.34. The van der Waals surface area contributed by atoms with Gasteiger partial charge in [0.15, 0.2) is 0 Å². The maximum Gasteiger partial charge on any atom is 0.0991 e. The predicted molar refractivity (Wildman–Crippen MR) is 81.5 cm³/mol. The lowest BCUT2D eigenvalue weighted by molar-refractivity contribution is 0.683. The number of alkyl halides is 2. The van der Waals surface area contributed by atoms with E-state index in [0.29, 0.717) is 0 Å². The quantitative estimate of drug-likeness (QED) is 0.721. The second kappa shape index (κ2) is 6.97. The molecule has 0 aliphatic carbocycles. The van der Waals surface area contributed by atoms with Crippen LogP contribution in [0.5, 0.6) is 0 Å². The molecule has 0 saturated heterocycles. The molecular formula is C15H18Cl2N2. The smallest absolute Gasteiger partial charge is 0.0991 e. The average Bonchev–Trinajstić information content (AvgIpc) is 2.94. The molecule has 19 heavy (non-hydrogen) atoms. The van der Waals surface area contributed by atoms with Gasteiger partial charge in [-0.25, -0.2) is 4.98 Å². The third-order valence-electron chi connectivity index (χ3n) is 3.13. The first-order chi connectivity index (χ1) is 9.20. The van der Waals surface area contributed by atoms with Crippen molar-refractivity contribution in [3.63, 3.8) is 0 Å². The number of hydrogen-bond acceptors (Lipinski definition) is 1. The van der Waals surface area contributed by atoms with E-state index in [9.17, 15) is 0 Å². The van der Waals surface area contributed by atoms with Crippen LogP contribution in [0.2, 0.25) is 0 Å². The van der Waals surface area contributed by atoms with Crippen molar-refractivity contribution < 1.29 is 0 Å². The van der Waals surface area contributed by atoms with Gasteiger partial charge >= 0.3 is 0 Å². The first-order valence-electron chi connectivity index (χ1n) is 6.56. The molecule has 0 radical (unpaired) electrons. The molecule has 0 amide bonds. The van der Waals surface area contributed by atoms with E-state index in [1.54, 1.807) is 12.5 Å². The van der Waals surface area contributed by atoms with Crippen molar-refractivity contribution in [1.82, 2.24) is 9.55 Å². The summed E-state index contributed by atoms with van der Waals surface area (Å²) in [4.78, 5) is 4.04. The Morgan fingerprint density at radius 3 is 2.47 bits per heavy atom. The van der Waals surface area contributed by atoms with Gasteiger partial charge in [0.1, 0.15) is 0 Å². The number of imidazole rings is 1. The van der Waals surface area contributed by atoms with Gasteiger partial charge in [0, 0.05) is 18.1 Å². The van der Waals surface area contributed by atoms with E-state index in [0.717, 1.165) is 24.9 Å². The number of nitrogens with zero attached hydrogens (tertiary/aromatic N) is 2. The van der Waals surface area contributed by atoms with Crippen LogP contribution in [0.4, 0.5) is 0 Å². The van der Waals surface area contributed by atoms with E-state index in [4.69, 9.17) is 23.2 Å². The monoisotopic (exact) mass is 296 g/mol. The Morgan fingerprint density at radius 1 is 1.16 bits per heavy atom. The van der Waals surface area contributed by atoms with Gasteiger partial charge in [-0.3, -0.25) is 0 Å². The molecule has 0 fully saturated rings. The molecule has 2 atom stereocenters. The molecule has 102 valence electrons. The molecule has 1 aromatic carbocycles. The van der Waals surface area contributed by atoms with Crippen LogP contribution >= 0.6 is 23.2 Å². The van der Waals surface area contributed by atoms with Crippen molar-refractivity contribution in [3.05, 3.63) is 48.5 Å². The molecule has 1 heterocycles. The zero-order valence-corrected chi connectivity index (χ0v) is 12.5. The van der Waals surface area contributed by atoms with Gasteiger partial charge < -0.3 is 4.57 Å². The first kappa shape index (κ1) is 14.4. The van der Waals surface area contributed by atoms with E-state index in [1.165, 1.54) is 5.56 Å². The summed E-state index contributed by atoms with van der Waals surface area (Å²) in [7, 11) is 0. The Kier molecular flexibility index (Phi) is 5.29. The fraction of sp³-hybridized carbons (Fsp3) is 0.400. The second-order valence-corrected chi connectivity index (χ2v) is 5.78. The van der Waals surface area contributed by atoms with Crippen molar-refractivity contribution in [2.45, 2.75) is 36.9 Å². The highest BCUT2D eigenvalue weighted by Gasteiger charge is 2.16. The normalized spacial score (nSPS) is 14.3. The summed E-state index contributed by atoms with van der Waals surface area (Å²) in [6.45, 7) is 2.12. The van der Waals surface area contributed by atoms with Crippen molar-refractivity contribution in [2.75, 3.05) is 0 Å². The van der Waals surface area contributed by atoms with Gasteiger partial charge in [-0.05, 0) is 30.5 Å². The second-order valence-electron chi connectivity index (χ2n) is 4.66. The van der Waals surface area contributed by atoms with Crippen LogP contribution in [0.3, 0.4) is 0 Å². The highest BCUT2D eigenvalue weighted by molar-refractivity contribution is 6.30. The van der Waals surface area contributed by atoms with Gasteiger partial charge in [-0.2, -0.15) is 0 Å². The molecule has 0 aliphatic rings.